The van der Waals surface area contributed by atoms with Gasteiger partial charge >= 0.3 is 0 Å². The number of hydrogen-bond donors (Lipinski definition) is 1. The van der Waals surface area contributed by atoms with Crippen LogP contribution in [0.2, 0.25) is 0 Å². The normalized spacial score (nSPS) is 11.1. The summed E-state index contributed by atoms with van der Waals surface area (Å²) in [5, 5.41) is 2.75. The number of anilines is 2. The van der Waals surface area contributed by atoms with Crippen molar-refractivity contribution >= 4 is 27.3 Å². The van der Waals surface area contributed by atoms with Crippen molar-refractivity contribution in [3.8, 4) is 0 Å². The molecule has 3 aromatic carbocycles. The number of carbonyl (C=O) groups excluding carboxylic acids is 1. The van der Waals surface area contributed by atoms with Crippen LogP contribution in [0.15, 0.2) is 83.8 Å². The lowest BCUT2D eigenvalue weighted by atomic mass is 10.1. The molecule has 0 aromatic heterocycles. The Morgan fingerprint density at radius 2 is 1.46 bits per heavy atom. The fourth-order valence-corrected chi connectivity index (χ4v) is 4.38. The number of benzene rings is 3. The number of amides is 1. The van der Waals surface area contributed by atoms with Gasteiger partial charge in [0.05, 0.1) is 10.6 Å². The second-order valence-electron chi connectivity index (χ2n) is 6.46. The number of nitrogens with zero attached hydrogens (tertiary/aromatic N) is 1. The molecule has 144 valence electrons. The maximum Gasteiger partial charge on any atom is 0.264 e. The van der Waals surface area contributed by atoms with Crippen molar-refractivity contribution in [2.24, 2.45) is 0 Å². The van der Waals surface area contributed by atoms with Gasteiger partial charge < -0.3 is 5.32 Å². The highest BCUT2D eigenvalue weighted by atomic mass is 32.2. The standard InChI is InChI=1S/C22H22N2O3S/c1-17-10-9-15-21(18(17)2)24(28(26,27)20-13-7-4-8-14-20)16-22(25)23-19-11-5-3-6-12-19/h3-15H,16H2,1-2H3,(H,23,25). The van der Waals surface area contributed by atoms with Crippen LogP contribution in [0.25, 0.3) is 0 Å². The van der Waals surface area contributed by atoms with E-state index in [1.54, 1.807) is 54.6 Å². The van der Waals surface area contributed by atoms with Crippen LogP contribution >= 0.6 is 0 Å². The van der Waals surface area contributed by atoms with Crippen molar-refractivity contribution in [1.82, 2.24) is 0 Å². The molecule has 3 aromatic rings. The molecular weight excluding hydrogens is 372 g/mol. The SMILES string of the molecule is Cc1cccc(N(CC(=O)Nc2ccccc2)S(=O)(=O)c2ccccc2)c1C. The van der Waals surface area contributed by atoms with E-state index < -0.39 is 15.9 Å². The number of sulfonamides is 1. The first-order chi connectivity index (χ1) is 13.4. The molecule has 0 heterocycles. The monoisotopic (exact) mass is 394 g/mol. The molecule has 1 amide bonds. The largest absolute Gasteiger partial charge is 0.325 e. The van der Waals surface area contributed by atoms with E-state index in [1.165, 1.54) is 16.4 Å². The number of nitrogens with one attached hydrogen (secondary N) is 1. The first-order valence-corrected chi connectivity index (χ1v) is 10.3. The Labute approximate surface area is 165 Å². The van der Waals surface area contributed by atoms with E-state index in [1.807, 2.05) is 26.0 Å². The van der Waals surface area contributed by atoms with Crippen molar-refractivity contribution in [3.05, 3.63) is 90.0 Å². The van der Waals surface area contributed by atoms with Crippen LogP contribution in [-0.4, -0.2) is 20.9 Å². The third-order valence-electron chi connectivity index (χ3n) is 4.52. The molecule has 0 aliphatic carbocycles. The van der Waals surface area contributed by atoms with Gasteiger partial charge in [0.15, 0.2) is 0 Å². The number of carbonyl (C=O) groups is 1. The molecule has 5 nitrogen and oxygen atoms in total. The third kappa shape index (κ3) is 4.23. The molecule has 0 saturated carbocycles. The predicted octanol–water partition coefficient (Wildman–Crippen LogP) is 4.14. The quantitative estimate of drug-likeness (QED) is 0.683. The molecule has 0 bridgehead atoms. The van der Waals surface area contributed by atoms with Crippen LogP contribution in [0.5, 0.6) is 0 Å². The minimum absolute atomic E-state index is 0.142. The Balaban J connectivity index is 2.00. The van der Waals surface area contributed by atoms with Crippen LogP contribution in [0.3, 0.4) is 0 Å². The van der Waals surface area contributed by atoms with Gasteiger partial charge in [0, 0.05) is 5.69 Å². The summed E-state index contributed by atoms with van der Waals surface area (Å²) in [6, 6.07) is 22.5. The summed E-state index contributed by atoms with van der Waals surface area (Å²) in [6.45, 7) is 3.44. The van der Waals surface area contributed by atoms with Gasteiger partial charge in [-0.1, -0.05) is 48.5 Å². The molecule has 1 N–H and O–H groups in total. The second kappa shape index (κ2) is 8.27. The Morgan fingerprint density at radius 3 is 2.11 bits per heavy atom. The summed E-state index contributed by atoms with van der Waals surface area (Å²) >= 11 is 0. The van der Waals surface area contributed by atoms with Crippen molar-refractivity contribution in [1.29, 1.82) is 0 Å². The molecule has 3 rings (SSSR count). The fourth-order valence-electron chi connectivity index (χ4n) is 2.88. The maximum atomic E-state index is 13.3. The van der Waals surface area contributed by atoms with Gasteiger partial charge in [-0.15, -0.1) is 0 Å². The van der Waals surface area contributed by atoms with E-state index in [2.05, 4.69) is 5.32 Å². The van der Waals surface area contributed by atoms with Gasteiger partial charge in [-0.05, 0) is 55.3 Å². The Hall–Kier alpha value is -3.12. The summed E-state index contributed by atoms with van der Waals surface area (Å²) in [5.41, 5.74) is 2.88. The Bertz CT molecular complexity index is 1070. The van der Waals surface area contributed by atoms with Gasteiger partial charge in [-0.3, -0.25) is 9.10 Å². The first kappa shape index (κ1) is 19.6. The molecule has 0 spiro atoms. The average Bonchev–Trinajstić information content (AvgIpc) is 2.70. The fraction of sp³-hybridized carbons (Fsp3) is 0.136. The zero-order chi connectivity index (χ0) is 20.1. The molecule has 28 heavy (non-hydrogen) atoms. The molecule has 0 radical (unpaired) electrons. The van der Waals surface area contributed by atoms with Crippen LogP contribution in [0, 0.1) is 13.8 Å². The third-order valence-corrected chi connectivity index (χ3v) is 6.29. The number of aryl methyl sites for hydroxylation is 1. The highest BCUT2D eigenvalue weighted by Crippen LogP contribution is 2.28. The summed E-state index contributed by atoms with van der Waals surface area (Å²) in [5.74, 6) is -0.411. The number of rotatable bonds is 6. The number of para-hydroxylation sites is 1. The second-order valence-corrected chi connectivity index (χ2v) is 8.32. The predicted molar refractivity (Wildman–Crippen MR) is 112 cm³/mol. The van der Waals surface area contributed by atoms with Crippen LogP contribution in [0.4, 0.5) is 11.4 Å². The Morgan fingerprint density at radius 1 is 0.857 bits per heavy atom. The van der Waals surface area contributed by atoms with E-state index in [0.29, 0.717) is 11.4 Å². The smallest absolute Gasteiger partial charge is 0.264 e. The lowest BCUT2D eigenvalue weighted by Gasteiger charge is -2.26. The van der Waals surface area contributed by atoms with E-state index in [4.69, 9.17) is 0 Å². The van der Waals surface area contributed by atoms with Crippen LogP contribution in [-0.2, 0) is 14.8 Å². The van der Waals surface area contributed by atoms with Gasteiger partial charge in [0.25, 0.3) is 10.0 Å². The molecule has 0 aliphatic rings. The van der Waals surface area contributed by atoms with Crippen molar-refractivity contribution in [2.75, 3.05) is 16.2 Å². The minimum Gasteiger partial charge on any atom is -0.325 e. The zero-order valence-electron chi connectivity index (χ0n) is 15.8. The Kier molecular flexibility index (Phi) is 5.80. The van der Waals surface area contributed by atoms with E-state index in [-0.39, 0.29) is 11.4 Å². The van der Waals surface area contributed by atoms with Gasteiger partial charge in [-0.2, -0.15) is 0 Å². The summed E-state index contributed by atoms with van der Waals surface area (Å²) in [4.78, 5) is 12.8. The highest BCUT2D eigenvalue weighted by Gasteiger charge is 2.28. The van der Waals surface area contributed by atoms with E-state index >= 15 is 0 Å². The molecule has 0 saturated heterocycles. The zero-order valence-corrected chi connectivity index (χ0v) is 16.6. The molecule has 6 heteroatoms. The lowest BCUT2D eigenvalue weighted by Crippen LogP contribution is -2.38. The van der Waals surface area contributed by atoms with E-state index in [0.717, 1.165) is 11.1 Å². The molecule has 0 aliphatic heterocycles. The first-order valence-electron chi connectivity index (χ1n) is 8.88. The van der Waals surface area contributed by atoms with Gasteiger partial charge in [-0.25, -0.2) is 8.42 Å². The molecule has 0 fully saturated rings. The van der Waals surface area contributed by atoms with Gasteiger partial charge in [0.2, 0.25) is 5.91 Å². The molecule has 0 atom stereocenters. The maximum absolute atomic E-state index is 13.3. The number of hydrogen-bond acceptors (Lipinski definition) is 3. The molecular formula is C22H22N2O3S. The molecule has 0 unspecified atom stereocenters. The summed E-state index contributed by atoms with van der Waals surface area (Å²) in [7, 11) is -3.91. The lowest BCUT2D eigenvalue weighted by molar-refractivity contribution is -0.114. The summed E-state index contributed by atoms with van der Waals surface area (Å²) < 4.78 is 27.8. The van der Waals surface area contributed by atoms with Crippen molar-refractivity contribution < 1.29 is 13.2 Å². The highest BCUT2D eigenvalue weighted by molar-refractivity contribution is 7.92. The van der Waals surface area contributed by atoms with Crippen molar-refractivity contribution in [3.63, 3.8) is 0 Å². The minimum atomic E-state index is -3.91. The average molecular weight is 394 g/mol. The van der Waals surface area contributed by atoms with Crippen LogP contribution < -0.4 is 9.62 Å². The van der Waals surface area contributed by atoms with Crippen LogP contribution in [0.1, 0.15) is 11.1 Å². The van der Waals surface area contributed by atoms with E-state index in [9.17, 15) is 13.2 Å². The topological polar surface area (TPSA) is 66.5 Å². The van der Waals surface area contributed by atoms with Gasteiger partial charge in [0.1, 0.15) is 6.54 Å². The van der Waals surface area contributed by atoms with Crippen molar-refractivity contribution in [2.45, 2.75) is 18.7 Å². The summed E-state index contributed by atoms with van der Waals surface area (Å²) in [6.07, 6.45) is 0.